The summed E-state index contributed by atoms with van der Waals surface area (Å²) in [6.07, 6.45) is 2.98. The monoisotopic (exact) mass is 316 g/mol. The lowest BCUT2D eigenvalue weighted by molar-refractivity contribution is 0.409. The summed E-state index contributed by atoms with van der Waals surface area (Å²) < 4.78 is 2.44. The molecule has 122 valence electrons. The molecule has 2 heteroatoms. The van der Waals surface area contributed by atoms with Crippen molar-refractivity contribution in [1.82, 2.24) is 9.38 Å². The molecule has 4 aromatic rings. The maximum absolute atomic E-state index is 4.70. The predicted molar refractivity (Wildman–Crippen MR) is 103 cm³/mol. The molecule has 0 amide bonds. The van der Waals surface area contributed by atoms with Crippen LogP contribution in [0, 0.1) is 19.3 Å². The predicted octanol–water partition coefficient (Wildman–Crippen LogP) is 5.85. The molecule has 0 aliphatic heterocycles. The van der Waals surface area contributed by atoms with Gasteiger partial charge in [-0.05, 0) is 55.0 Å². The number of pyridine rings is 2. The van der Waals surface area contributed by atoms with E-state index in [2.05, 4.69) is 69.4 Å². The normalized spacial score (nSPS) is 12.5. The first kappa shape index (κ1) is 15.2. The summed E-state index contributed by atoms with van der Waals surface area (Å²) in [5.74, 6) is 0. The maximum atomic E-state index is 4.70. The van der Waals surface area contributed by atoms with Crippen molar-refractivity contribution in [2.24, 2.45) is 5.41 Å². The van der Waals surface area contributed by atoms with Crippen molar-refractivity contribution in [3.05, 3.63) is 59.4 Å². The summed E-state index contributed by atoms with van der Waals surface area (Å²) in [6, 6.07) is 12.9. The van der Waals surface area contributed by atoms with E-state index in [1.54, 1.807) is 0 Å². The quantitative estimate of drug-likeness (QED) is 0.403. The van der Waals surface area contributed by atoms with Gasteiger partial charge in [-0.25, -0.2) is 0 Å². The Kier molecular flexibility index (Phi) is 3.21. The molecule has 2 nitrogen and oxygen atoms in total. The number of benzene rings is 1. The summed E-state index contributed by atoms with van der Waals surface area (Å²) in [4.78, 5) is 4.70. The molecule has 4 rings (SSSR count). The van der Waals surface area contributed by atoms with Gasteiger partial charge in [0.1, 0.15) is 0 Å². The number of aryl methyl sites for hydroxylation is 2. The highest BCUT2D eigenvalue weighted by Crippen LogP contribution is 2.36. The van der Waals surface area contributed by atoms with Crippen molar-refractivity contribution in [3.63, 3.8) is 0 Å². The number of aromatic nitrogens is 2. The lowest BCUT2D eigenvalue weighted by atomic mass is 9.86. The van der Waals surface area contributed by atoms with Gasteiger partial charge in [0.25, 0.3) is 0 Å². The molecule has 0 atom stereocenters. The molecule has 0 saturated carbocycles. The van der Waals surface area contributed by atoms with Gasteiger partial charge < -0.3 is 4.40 Å². The third kappa shape index (κ3) is 2.13. The molecule has 0 N–H and O–H groups in total. The number of hydrogen-bond acceptors (Lipinski definition) is 1. The molecule has 3 heterocycles. The van der Waals surface area contributed by atoms with Gasteiger partial charge in [0, 0.05) is 22.7 Å². The van der Waals surface area contributed by atoms with Crippen LogP contribution in [-0.4, -0.2) is 9.38 Å². The second-order valence-electron chi connectivity index (χ2n) is 8.03. The summed E-state index contributed by atoms with van der Waals surface area (Å²) >= 11 is 0. The topological polar surface area (TPSA) is 17.3 Å². The van der Waals surface area contributed by atoms with Gasteiger partial charge in [-0.15, -0.1) is 0 Å². The first-order chi connectivity index (χ1) is 11.4. The minimum absolute atomic E-state index is 0.268. The number of para-hydroxylation sites is 1. The van der Waals surface area contributed by atoms with E-state index in [1.807, 2.05) is 12.3 Å². The van der Waals surface area contributed by atoms with E-state index < -0.39 is 0 Å². The van der Waals surface area contributed by atoms with Gasteiger partial charge in [-0.1, -0.05) is 39.0 Å². The highest BCUT2D eigenvalue weighted by Gasteiger charge is 2.21. The molecule has 0 bridgehead atoms. The van der Waals surface area contributed by atoms with Crippen molar-refractivity contribution in [1.29, 1.82) is 0 Å². The Morgan fingerprint density at radius 3 is 2.42 bits per heavy atom. The van der Waals surface area contributed by atoms with Gasteiger partial charge in [0.2, 0.25) is 0 Å². The van der Waals surface area contributed by atoms with Crippen molar-refractivity contribution >= 4 is 27.3 Å². The van der Waals surface area contributed by atoms with Crippen molar-refractivity contribution in [2.75, 3.05) is 0 Å². The van der Waals surface area contributed by atoms with Gasteiger partial charge in [0.15, 0.2) is 0 Å². The van der Waals surface area contributed by atoms with Crippen LogP contribution in [0.5, 0.6) is 0 Å². The van der Waals surface area contributed by atoms with Crippen LogP contribution >= 0.6 is 0 Å². The maximum Gasteiger partial charge on any atom is 0.0816 e. The average molecular weight is 316 g/mol. The van der Waals surface area contributed by atoms with E-state index in [9.17, 15) is 0 Å². The van der Waals surface area contributed by atoms with E-state index in [1.165, 1.54) is 38.6 Å². The minimum Gasteiger partial charge on any atom is -0.313 e. The van der Waals surface area contributed by atoms with E-state index in [0.717, 1.165) is 11.9 Å². The van der Waals surface area contributed by atoms with Crippen LogP contribution in [0.1, 0.15) is 37.6 Å². The molecule has 0 fully saturated rings. The minimum atomic E-state index is 0.268. The number of hydrogen-bond donors (Lipinski definition) is 0. The molecule has 0 radical (unpaired) electrons. The summed E-state index contributed by atoms with van der Waals surface area (Å²) in [5, 5.41) is 2.47. The molecule has 0 aliphatic rings. The van der Waals surface area contributed by atoms with Crippen molar-refractivity contribution < 1.29 is 0 Å². The lowest BCUT2D eigenvalue weighted by Gasteiger charge is -2.18. The largest absolute Gasteiger partial charge is 0.313 e. The zero-order chi connectivity index (χ0) is 17.1. The van der Waals surface area contributed by atoms with Gasteiger partial charge >= 0.3 is 0 Å². The number of fused-ring (bicyclic) bond motifs is 6. The van der Waals surface area contributed by atoms with Gasteiger partial charge in [-0.2, -0.15) is 0 Å². The third-order valence-corrected chi connectivity index (χ3v) is 4.97. The van der Waals surface area contributed by atoms with Gasteiger partial charge in [-0.3, -0.25) is 4.98 Å². The van der Waals surface area contributed by atoms with Gasteiger partial charge in [0.05, 0.1) is 16.6 Å². The summed E-state index contributed by atoms with van der Waals surface area (Å²) in [6.45, 7) is 11.5. The van der Waals surface area contributed by atoms with Crippen LogP contribution < -0.4 is 0 Å². The van der Waals surface area contributed by atoms with Crippen LogP contribution in [0.15, 0.2) is 42.6 Å². The second kappa shape index (κ2) is 5.07. The standard InChI is InChI=1S/C22H24N2/c1-14-18(13-22(3,4)5)15(2)24-19-11-7-6-9-16(19)20-17(21(14)24)10-8-12-23-20/h6-12H,13H2,1-5H3. The molecule has 24 heavy (non-hydrogen) atoms. The molecule has 0 saturated heterocycles. The fourth-order valence-electron chi connectivity index (χ4n) is 3.98. The Labute approximate surface area is 143 Å². The fraction of sp³-hybridized carbons (Fsp3) is 0.318. The van der Waals surface area contributed by atoms with E-state index in [-0.39, 0.29) is 5.41 Å². The fourth-order valence-corrected chi connectivity index (χ4v) is 3.98. The Morgan fingerprint density at radius 2 is 1.67 bits per heavy atom. The highest BCUT2D eigenvalue weighted by molar-refractivity contribution is 6.11. The SMILES string of the molecule is Cc1c(CC(C)(C)C)c(C)n2c3ccccc3c3ncccc3c12. The third-order valence-electron chi connectivity index (χ3n) is 4.97. The Hall–Kier alpha value is -2.35. The first-order valence-electron chi connectivity index (χ1n) is 8.64. The van der Waals surface area contributed by atoms with Crippen molar-refractivity contribution in [2.45, 2.75) is 41.0 Å². The highest BCUT2D eigenvalue weighted by atomic mass is 14.9. The summed E-state index contributed by atoms with van der Waals surface area (Å²) in [7, 11) is 0. The average Bonchev–Trinajstić information content (AvgIpc) is 2.79. The lowest BCUT2D eigenvalue weighted by Crippen LogP contribution is -2.10. The van der Waals surface area contributed by atoms with E-state index in [4.69, 9.17) is 4.98 Å². The van der Waals surface area contributed by atoms with Crippen LogP contribution in [0.4, 0.5) is 0 Å². The zero-order valence-electron chi connectivity index (χ0n) is 15.1. The molecule has 0 aliphatic carbocycles. The first-order valence-corrected chi connectivity index (χ1v) is 8.64. The molecular formula is C22H24N2. The Bertz CT molecular complexity index is 999. The number of rotatable bonds is 1. The smallest absolute Gasteiger partial charge is 0.0816 e. The van der Waals surface area contributed by atoms with Crippen LogP contribution in [0.25, 0.3) is 27.3 Å². The molecule has 3 aromatic heterocycles. The van der Waals surface area contributed by atoms with Crippen LogP contribution in [-0.2, 0) is 6.42 Å². The van der Waals surface area contributed by atoms with Crippen LogP contribution in [0.3, 0.4) is 0 Å². The van der Waals surface area contributed by atoms with E-state index in [0.29, 0.717) is 0 Å². The second-order valence-corrected chi connectivity index (χ2v) is 8.03. The Balaban J connectivity index is 2.26. The number of nitrogens with zero attached hydrogens (tertiary/aromatic N) is 2. The molecule has 0 unspecified atom stereocenters. The molecule has 0 spiro atoms. The van der Waals surface area contributed by atoms with Crippen molar-refractivity contribution in [3.8, 4) is 0 Å². The molecular weight excluding hydrogens is 292 g/mol. The molecule has 1 aromatic carbocycles. The zero-order valence-corrected chi connectivity index (χ0v) is 15.1. The van der Waals surface area contributed by atoms with Crippen LogP contribution in [0.2, 0.25) is 0 Å². The summed E-state index contributed by atoms with van der Waals surface area (Å²) in [5.41, 5.74) is 8.16. The van der Waals surface area contributed by atoms with E-state index >= 15 is 0 Å². The Morgan fingerprint density at radius 1 is 0.958 bits per heavy atom.